The van der Waals surface area contributed by atoms with Crippen molar-refractivity contribution < 1.29 is 4.79 Å². The Morgan fingerprint density at radius 3 is 2.75 bits per heavy atom. The van der Waals surface area contributed by atoms with Gasteiger partial charge < -0.3 is 4.90 Å². The Kier molecular flexibility index (Phi) is 3.37. The Bertz CT molecular complexity index is 601. The quantitative estimate of drug-likeness (QED) is 0.798. The summed E-state index contributed by atoms with van der Waals surface area (Å²) in [5, 5.41) is 4.19. The van der Waals surface area contributed by atoms with Crippen LogP contribution in [0.25, 0.3) is 5.69 Å². The summed E-state index contributed by atoms with van der Waals surface area (Å²) in [6, 6.07) is 10.0. The van der Waals surface area contributed by atoms with Gasteiger partial charge in [0.2, 0.25) is 5.91 Å². The number of hydrogen-bond donors (Lipinski definition) is 0. The molecule has 0 saturated carbocycles. The van der Waals surface area contributed by atoms with Crippen LogP contribution in [0.3, 0.4) is 0 Å². The highest BCUT2D eigenvalue weighted by molar-refractivity contribution is 5.79. The zero-order valence-corrected chi connectivity index (χ0v) is 11.3. The van der Waals surface area contributed by atoms with Crippen molar-refractivity contribution in [3.05, 3.63) is 60.9 Å². The van der Waals surface area contributed by atoms with E-state index in [1.54, 1.807) is 6.20 Å². The highest BCUT2D eigenvalue weighted by atomic mass is 16.2. The molecule has 0 bridgehead atoms. The number of carbonyl (C=O) groups excluding carboxylic acids is 1. The molecule has 0 N–H and O–H groups in total. The van der Waals surface area contributed by atoms with Crippen LogP contribution in [0.4, 0.5) is 0 Å². The number of hydrogen-bond acceptors (Lipinski definition) is 2. The highest BCUT2D eigenvalue weighted by Gasteiger charge is 2.27. The second-order valence-electron chi connectivity index (χ2n) is 5.09. The van der Waals surface area contributed by atoms with Crippen LogP contribution in [-0.4, -0.2) is 27.1 Å². The minimum Gasteiger partial charge on any atom is -0.338 e. The third-order valence-electron chi connectivity index (χ3n) is 3.66. The van der Waals surface area contributed by atoms with Crippen molar-refractivity contribution >= 4 is 5.91 Å². The van der Waals surface area contributed by atoms with Gasteiger partial charge in [-0.05, 0) is 23.8 Å². The molecule has 20 heavy (non-hydrogen) atoms. The number of amides is 1. The molecular weight excluding hydrogens is 250 g/mol. The summed E-state index contributed by atoms with van der Waals surface area (Å²) < 4.78 is 1.82. The van der Waals surface area contributed by atoms with Gasteiger partial charge in [-0.1, -0.05) is 18.2 Å². The molecule has 1 aromatic carbocycles. The fraction of sp³-hybridized carbons (Fsp3) is 0.250. The van der Waals surface area contributed by atoms with Gasteiger partial charge in [0.25, 0.3) is 0 Å². The van der Waals surface area contributed by atoms with E-state index in [1.165, 1.54) is 0 Å². The van der Waals surface area contributed by atoms with E-state index in [2.05, 4.69) is 11.7 Å². The number of rotatable bonds is 4. The molecule has 1 atom stereocenters. The average molecular weight is 267 g/mol. The third kappa shape index (κ3) is 2.50. The zero-order valence-electron chi connectivity index (χ0n) is 11.3. The third-order valence-corrected chi connectivity index (χ3v) is 3.66. The summed E-state index contributed by atoms with van der Waals surface area (Å²) >= 11 is 0. The molecule has 2 heterocycles. The molecule has 1 fully saturated rings. The smallest absolute Gasteiger partial charge is 0.223 e. The Balaban J connectivity index is 1.70. The maximum absolute atomic E-state index is 11.9. The topological polar surface area (TPSA) is 38.1 Å². The Labute approximate surface area is 118 Å². The normalized spacial score (nSPS) is 18.5. The predicted octanol–water partition coefficient (Wildman–Crippen LogP) is 2.41. The van der Waals surface area contributed by atoms with Crippen LogP contribution in [0.1, 0.15) is 12.0 Å². The molecule has 4 nitrogen and oxygen atoms in total. The monoisotopic (exact) mass is 267 g/mol. The maximum atomic E-state index is 11.9. The van der Waals surface area contributed by atoms with Crippen LogP contribution >= 0.6 is 0 Å². The molecule has 1 saturated heterocycles. The molecule has 1 aliphatic heterocycles. The molecule has 0 spiro atoms. The van der Waals surface area contributed by atoms with Gasteiger partial charge in [-0.15, -0.1) is 6.58 Å². The lowest BCUT2D eigenvalue weighted by atomic mass is 10.1. The predicted molar refractivity (Wildman–Crippen MR) is 77.3 cm³/mol. The van der Waals surface area contributed by atoms with Crippen LogP contribution in [0, 0.1) is 5.92 Å². The van der Waals surface area contributed by atoms with Gasteiger partial charge in [-0.2, -0.15) is 5.10 Å². The van der Waals surface area contributed by atoms with Gasteiger partial charge in [0.05, 0.1) is 5.69 Å². The number of carbonyl (C=O) groups is 1. The van der Waals surface area contributed by atoms with Crippen LogP contribution in [0.5, 0.6) is 0 Å². The molecular formula is C16H17N3O. The first-order chi connectivity index (χ1) is 9.76. The van der Waals surface area contributed by atoms with Gasteiger partial charge in [0.15, 0.2) is 0 Å². The maximum Gasteiger partial charge on any atom is 0.223 e. The molecule has 1 amide bonds. The van der Waals surface area contributed by atoms with E-state index in [0.29, 0.717) is 18.9 Å². The number of aromatic nitrogens is 2. The summed E-state index contributed by atoms with van der Waals surface area (Å²) in [4.78, 5) is 13.8. The van der Waals surface area contributed by atoms with Gasteiger partial charge in [0, 0.05) is 37.8 Å². The van der Waals surface area contributed by atoms with Crippen LogP contribution < -0.4 is 0 Å². The lowest BCUT2D eigenvalue weighted by Crippen LogP contribution is -2.24. The van der Waals surface area contributed by atoms with Gasteiger partial charge in [-0.25, -0.2) is 4.68 Å². The van der Waals surface area contributed by atoms with Gasteiger partial charge >= 0.3 is 0 Å². The standard InChI is InChI=1S/C16H17N3O/c1-2-13-10-16(20)18(11-13)12-14-4-6-15(7-5-14)19-9-3-8-17-19/h2-9,13H,1,10-12H2. The SMILES string of the molecule is C=CC1CC(=O)N(Cc2ccc(-n3cccn3)cc2)C1. The molecule has 0 aliphatic carbocycles. The van der Waals surface area contributed by atoms with Gasteiger partial charge in [0.1, 0.15) is 0 Å². The molecule has 4 heteroatoms. The van der Waals surface area contributed by atoms with Crippen molar-refractivity contribution in [2.24, 2.45) is 5.92 Å². The zero-order chi connectivity index (χ0) is 13.9. The number of nitrogens with zero attached hydrogens (tertiary/aromatic N) is 3. The summed E-state index contributed by atoms with van der Waals surface area (Å²) in [5.41, 5.74) is 2.16. The van der Waals surface area contributed by atoms with E-state index in [0.717, 1.165) is 17.8 Å². The number of likely N-dealkylation sites (tertiary alicyclic amines) is 1. The summed E-state index contributed by atoms with van der Waals surface area (Å²) in [5.74, 6) is 0.511. The van der Waals surface area contributed by atoms with Crippen molar-refractivity contribution in [2.75, 3.05) is 6.54 Å². The second kappa shape index (κ2) is 5.33. The molecule has 102 valence electrons. The second-order valence-corrected chi connectivity index (χ2v) is 5.09. The van der Waals surface area contributed by atoms with Crippen molar-refractivity contribution in [2.45, 2.75) is 13.0 Å². The van der Waals surface area contributed by atoms with E-state index in [4.69, 9.17) is 0 Å². The van der Waals surface area contributed by atoms with E-state index >= 15 is 0 Å². The van der Waals surface area contributed by atoms with Gasteiger partial charge in [-0.3, -0.25) is 4.79 Å². The Morgan fingerprint density at radius 1 is 1.35 bits per heavy atom. The van der Waals surface area contributed by atoms with Crippen LogP contribution in [0.15, 0.2) is 55.4 Å². The Morgan fingerprint density at radius 2 is 2.15 bits per heavy atom. The summed E-state index contributed by atoms with van der Waals surface area (Å²) in [6.07, 6.45) is 6.13. The van der Waals surface area contributed by atoms with Crippen molar-refractivity contribution in [1.82, 2.24) is 14.7 Å². The van der Waals surface area contributed by atoms with E-state index in [1.807, 2.05) is 52.2 Å². The molecule has 1 aliphatic rings. The Hall–Kier alpha value is -2.36. The number of benzene rings is 1. The van der Waals surface area contributed by atoms with Crippen molar-refractivity contribution in [3.63, 3.8) is 0 Å². The fourth-order valence-corrected chi connectivity index (χ4v) is 2.51. The lowest BCUT2D eigenvalue weighted by Gasteiger charge is -2.16. The van der Waals surface area contributed by atoms with Crippen LogP contribution in [0.2, 0.25) is 0 Å². The molecule has 0 radical (unpaired) electrons. The largest absolute Gasteiger partial charge is 0.338 e. The molecule has 1 unspecified atom stereocenters. The first-order valence-corrected chi connectivity index (χ1v) is 6.75. The highest BCUT2D eigenvalue weighted by Crippen LogP contribution is 2.21. The molecule has 1 aromatic heterocycles. The fourth-order valence-electron chi connectivity index (χ4n) is 2.51. The van der Waals surface area contributed by atoms with Crippen LogP contribution in [-0.2, 0) is 11.3 Å². The summed E-state index contributed by atoms with van der Waals surface area (Å²) in [6.45, 7) is 5.22. The van der Waals surface area contributed by atoms with E-state index in [-0.39, 0.29) is 5.91 Å². The minimum atomic E-state index is 0.214. The van der Waals surface area contributed by atoms with E-state index in [9.17, 15) is 4.79 Å². The average Bonchev–Trinajstić information content (AvgIpc) is 3.10. The molecule has 2 aromatic rings. The van der Waals surface area contributed by atoms with Crippen molar-refractivity contribution in [3.8, 4) is 5.69 Å². The first-order valence-electron chi connectivity index (χ1n) is 6.75. The van der Waals surface area contributed by atoms with Crippen molar-refractivity contribution in [1.29, 1.82) is 0 Å². The lowest BCUT2D eigenvalue weighted by molar-refractivity contribution is -0.128. The first kappa shape index (κ1) is 12.7. The molecule has 3 rings (SSSR count). The minimum absolute atomic E-state index is 0.214. The summed E-state index contributed by atoms with van der Waals surface area (Å²) in [7, 11) is 0. The van der Waals surface area contributed by atoms with E-state index < -0.39 is 0 Å².